The second kappa shape index (κ2) is 8.31. The van der Waals surface area contributed by atoms with Crippen LogP contribution < -0.4 is 0 Å². The van der Waals surface area contributed by atoms with E-state index in [0.717, 1.165) is 0 Å². The molecule has 30 heavy (non-hydrogen) atoms. The first-order chi connectivity index (χ1) is 14.1. The minimum Gasteiger partial charge on any atom is -0.328 e. The van der Waals surface area contributed by atoms with Gasteiger partial charge in [-0.2, -0.15) is 13.2 Å². The summed E-state index contributed by atoms with van der Waals surface area (Å²) in [6.45, 7) is -1.04. The molecule has 156 valence electrons. The van der Waals surface area contributed by atoms with Gasteiger partial charge in [0, 0.05) is 18.3 Å². The first kappa shape index (κ1) is 21.0. The predicted octanol–water partition coefficient (Wildman–Crippen LogP) is 3.19. The summed E-state index contributed by atoms with van der Waals surface area (Å²) in [5, 5.41) is 0.0606. The Labute approximate surface area is 167 Å². The van der Waals surface area contributed by atoms with Crippen molar-refractivity contribution in [1.82, 2.24) is 14.9 Å². The lowest BCUT2D eigenvalue weighted by molar-refractivity contribution is -0.226. The molecule has 0 bridgehead atoms. The molecule has 11 heteroatoms. The number of amides is 3. The van der Waals surface area contributed by atoms with Crippen molar-refractivity contribution in [1.29, 1.82) is 0 Å². The van der Waals surface area contributed by atoms with Crippen molar-refractivity contribution in [3.8, 4) is 11.3 Å². The molecule has 0 radical (unpaired) electrons. The molecule has 1 aromatic carbocycles. The quantitative estimate of drug-likeness (QED) is 0.545. The molecule has 0 spiro atoms. The van der Waals surface area contributed by atoms with E-state index >= 15 is 0 Å². The number of benzene rings is 1. The van der Waals surface area contributed by atoms with E-state index in [1.54, 1.807) is 30.3 Å². The number of aromatic nitrogens is 1. The van der Waals surface area contributed by atoms with Gasteiger partial charge in [0.15, 0.2) is 0 Å². The molecule has 0 atom stereocenters. The summed E-state index contributed by atoms with van der Waals surface area (Å²) in [6.07, 6.45) is -0.796. The summed E-state index contributed by atoms with van der Waals surface area (Å²) in [5.41, 5.74) is 1.95. The summed E-state index contributed by atoms with van der Waals surface area (Å²) in [4.78, 5) is 43.4. The van der Waals surface area contributed by atoms with Crippen molar-refractivity contribution in [3.05, 3.63) is 60.1 Å². The fourth-order valence-electron chi connectivity index (χ4n) is 2.51. The SMILES string of the molecule is O=C1CN(OC(=O)C(F)(F)F)C(=O)N1C/C=C/c1ccc(-c2ccc(F)cc2)nc1. The minimum absolute atomic E-state index is 0.0606. The third-order valence-electron chi connectivity index (χ3n) is 3.97. The van der Waals surface area contributed by atoms with Gasteiger partial charge in [0.05, 0.1) is 5.69 Å². The van der Waals surface area contributed by atoms with Gasteiger partial charge < -0.3 is 4.84 Å². The van der Waals surface area contributed by atoms with E-state index in [4.69, 9.17) is 0 Å². The lowest BCUT2D eigenvalue weighted by Crippen LogP contribution is -2.38. The van der Waals surface area contributed by atoms with Gasteiger partial charge in [0.1, 0.15) is 12.4 Å². The highest BCUT2D eigenvalue weighted by atomic mass is 19.4. The third kappa shape index (κ3) is 4.80. The minimum atomic E-state index is -5.29. The molecule has 0 unspecified atom stereocenters. The molecule has 1 fully saturated rings. The Morgan fingerprint density at radius 3 is 2.43 bits per heavy atom. The second-order valence-electron chi connectivity index (χ2n) is 6.09. The third-order valence-corrected chi connectivity index (χ3v) is 3.97. The lowest BCUT2D eigenvalue weighted by Gasteiger charge is -2.15. The molecule has 2 heterocycles. The highest BCUT2D eigenvalue weighted by Gasteiger charge is 2.46. The van der Waals surface area contributed by atoms with Gasteiger partial charge in [-0.05, 0) is 35.9 Å². The zero-order valence-corrected chi connectivity index (χ0v) is 15.1. The zero-order valence-electron chi connectivity index (χ0n) is 15.1. The van der Waals surface area contributed by atoms with Crippen LogP contribution >= 0.6 is 0 Å². The van der Waals surface area contributed by atoms with Crippen LogP contribution in [0, 0.1) is 5.82 Å². The van der Waals surface area contributed by atoms with Crippen LogP contribution in [0.4, 0.5) is 22.4 Å². The molecule has 1 saturated heterocycles. The molecule has 1 aromatic heterocycles. The van der Waals surface area contributed by atoms with E-state index in [9.17, 15) is 31.9 Å². The summed E-state index contributed by atoms with van der Waals surface area (Å²) >= 11 is 0. The molecule has 2 aromatic rings. The lowest BCUT2D eigenvalue weighted by atomic mass is 10.1. The molecule has 0 aliphatic carbocycles. The summed E-state index contributed by atoms with van der Waals surface area (Å²) in [6, 6.07) is 8.00. The Bertz CT molecular complexity index is 988. The van der Waals surface area contributed by atoms with E-state index in [-0.39, 0.29) is 17.4 Å². The zero-order chi connectivity index (χ0) is 21.9. The van der Waals surface area contributed by atoms with Gasteiger partial charge in [-0.1, -0.05) is 18.2 Å². The number of alkyl halides is 3. The van der Waals surface area contributed by atoms with Gasteiger partial charge in [0.25, 0.3) is 5.91 Å². The van der Waals surface area contributed by atoms with Gasteiger partial charge in [0.2, 0.25) is 0 Å². The largest absolute Gasteiger partial charge is 0.493 e. The molecule has 0 saturated carbocycles. The van der Waals surface area contributed by atoms with Gasteiger partial charge in [-0.25, -0.2) is 14.0 Å². The van der Waals surface area contributed by atoms with E-state index in [0.29, 0.717) is 21.7 Å². The molecule has 1 aliphatic rings. The molecule has 7 nitrogen and oxygen atoms in total. The number of nitrogens with zero attached hydrogens (tertiary/aromatic N) is 3. The Kier molecular flexibility index (Phi) is 5.81. The van der Waals surface area contributed by atoms with Crippen LogP contribution in [0.15, 0.2) is 48.7 Å². The van der Waals surface area contributed by atoms with E-state index < -0.39 is 30.6 Å². The highest BCUT2D eigenvalue weighted by molar-refractivity contribution is 6.02. The maximum absolute atomic E-state index is 13.0. The highest BCUT2D eigenvalue weighted by Crippen LogP contribution is 2.20. The van der Waals surface area contributed by atoms with Crippen molar-refractivity contribution >= 4 is 24.0 Å². The number of hydroxylamine groups is 2. The Morgan fingerprint density at radius 1 is 1.13 bits per heavy atom. The number of rotatable bonds is 5. The molecular weight excluding hydrogens is 410 g/mol. The Balaban J connectivity index is 1.59. The van der Waals surface area contributed by atoms with Crippen LogP contribution in [0.3, 0.4) is 0 Å². The van der Waals surface area contributed by atoms with E-state index in [1.807, 2.05) is 0 Å². The summed E-state index contributed by atoms with van der Waals surface area (Å²) in [7, 11) is 0. The monoisotopic (exact) mass is 423 g/mol. The van der Waals surface area contributed by atoms with Crippen LogP contribution in [0.25, 0.3) is 17.3 Å². The van der Waals surface area contributed by atoms with Crippen LogP contribution in [0.2, 0.25) is 0 Å². The van der Waals surface area contributed by atoms with E-state index in [2.05, 4.69) is 9.82 Å². The number of hydrogen-bond donors (Lipinski definition) is 0. The first-order valence-corrected chi connectivity index (χ1v) is 8.44. The maximum Gasteiger partial charge on any atom is 0.493 e. The number of imide groups is 1. The van der Waals surface area contributed by atoms with Crippen molar-refractivity contribution in [3.63, 3.8) is 0 Å². The fourth-order valence-corrected chi connectivity index (χ4v) is 2.51. The van der Waals surface area contributed by atoms with Crippen molar-refractivity contribution in [2.45, 2.75) is 6.18 Å². The fraction of sp³-hybridized carbons (Fsp3) is 0.158. The van der Waals surface area contributed by atoms with Gasteiger partial charge >= 0.3 is 18.2 Å². The van der Waals surface area contributed by atoms with E-state index in [1.165, 1.54) is 24.4 Å². The van der Waals surface area contributed by atoms with Gasteiger partial charge in [-0.15, -0.1) is 5.06 Å². The molecule has 0 N–H and O–H groups in total. The van der Waals surface area contributed by atoms with Gasteiger partial charge in [-0.3, -0.25) is 14.7 Å². The van der Waals surface area contributed by atoms with Crippen LogP contribution in [-0.2, 0) is 14.4 Å². The van der Waals surface area contributed by atoms with Crippen LogP contribution in [0.5, 0.6) is 0 Å². The normalized spacial score (nSPS) is 14.7. The molecule has 3 amide bonds. The number of halogens is 4. The summed E-state index contributed by atoms with van der Waals surface area (Å²) < 4.78 is 49.6. The van der Waals surface area contributed by atoms with Crippen molar-refractivity contribution in [2.24, 2.45) is 0 Å². The number of urea groups is 1. The first-order valence-electron chi connectivity index (χ1n) is 8.44. The topological polar surface area (TPSA) is 79.8 Å². The molecule has 1 aliphatic heterocycles. The maximum atomic E-state index is 13.0. The Morgan fingerprint density at radius 2 is 1.83 bits per heavy atom. The molecular formula is C19H13F4N3O4. The van der Waals surface area contributed by atoms with Crippen LogP contribution in [0.1, 0.15) is 5.56 Å². The van der Waals surface area contributed by atoms with Crippen molar-refractivity contribution < 1.29 is 36.8 Å². The average molecular weight is 423 g/mol. The summed E-state index contributed by atoms with van der Waals surface area (Å²) in [5.74, 6) is -3.77. The van der Waals surface area contributed by atoms with Crippen LogP contribution in [-0.4, -0.2) is 52.1 Å². The Hall–Kier alpha value is -3.76. The number of carbonyl (C=O) groups excluding carboxylic acids is 3. The smallest absolute Gasteiger partial charge is 0.328 e. The number of carbonyl (C=O) groups is 3. The standard InChI is InChI=1S/C19H13F4N3O4/c20-14-6-4-13(5-7-14)15-8-3-12(10-24-15)2-1-9-25-16(27)11-26(18(25)29)30-17(28)19(21,22)23/h1-8,10H,9,11H2/b2-1+. The molecule has 3 rings (SSSR count). The second-order valence-corrected chi connectivity index (χ2v) is 6.09. The van der Waals surface area contributed by atoms with Crippen molar-refractivity contribution in [2.75, 3.05) is 13.1 Å². The predicted molar refractivity (Wildman–Crippen MR) is 94.6 cm³/mol. The number of pyridine rings is 1. The number of hydrogen-bond acceptors (Lipinski definition) is 5. The average Bonchev–Trinajstić information content (AvgIpc) is 2.96.